The first kappa shape index (κ1) is 7.53. The normalized spacial score (nSPS) is 23.1. The van der Waals surface area contributed by atoms with Crippen molar-refractivity contribution in [2.75, 3.05) is 12.3 Å². The molecule has 0 atom stereocenters. The van der Waals surface area contributed by atoms with Crippen molar-refractivity contribution in [3.05, 3.63) is 0 Å². The van der Waals surface area contributed by atoms with Crippen LogP contribution in [0, 0.1) is 0 Å². The van der Waals surface area contributed by atoms with Crippen LogP contribution in [0.15, 0.2) is 0 Å². The molecule has 1 rings (SSSR count). The highest BCUT2D eigenvalue weighted by Crippen LogP contribution is 2.12. The van der Waals surface area contributed by atoms with Crippen molar-refractivity contribution >= 4 is 15.9 Å². The van der Waals surface area contributed by atoms with Gasteiger partial charge in [0.15, 0.2) is 0 Å². The summed E-state index contributed by atoms with van der Waals surface area (Å²) in [6.45, 7) is 1.63. The summed E-state index contributed by atoms with van der Waals surface area (Å²) in [4.78, 5) is 10.6. The minimum Gasteiger partial charge on any atom is -0.274 e. The Morgan fingerprint density at radius 1 is 1.50 bits per heavy atom. The molecule has 0 aromatic heterocycles. The lowest BCUT2D eigenvalue weighted by atomic mass is 10.5. The molecule has 10 heavy (non-hydrogen) atoms. The van der Waals surface area contributed by atoms with Gasteiger partial charge in [0.25, 0.3) is 0 Å². The quantitative estimate of drug-likeness (QED) is 0.487. The van der Waals surface area contributed by atoms with Crippen LogP contribution in [0.25, 0.3) is 0 Å². The highest BCUT2D eigenvalue weighted by molar-refractivity contribution is 7.89. The molecule has 0 N–H and O–H groups in total. The summed E-state index contributed by atoms with van der Waals surface area (Å²) in [7, 11) is -3.20. The van der Waals surface area contributed by atoms with E-state index in [9.17, 15) is 13.2 Å². The molecule has 1 fully saturated rings. The van der Waals surface area contributed by atoms with E-state index in [2.05, 4.69) is 0 Å². The molecular formula is C5H9NO3S. The lowest BCUT2D eigenvalue weighted by Gasteiger charge is -2.10. The molecule has 0 spiro atoms. The Labute approximate surface area is 59.9 Å². The van der Waals surface area contributed by atoms with Gasteiger partial charge in [0.2, 0.25) is 15.9 Å². The van der Waals surface area contributed by atoms with Crippen molar-refractivity contribution in [2.45, 2.75) is 13.3 Å². The predicted molar refractivity (Wildman–Crippen MR) is 35.8 cm³/mol. The first-order chi connectivity index (χ1) is 4.54. The van der Waals surface area contributed by atoms with Crippen molar-refractivity contribution in [3.8, 4) is 0 Å². The van der Waals surface area contributed by atoms with Crippen LogP contribution in [-0.4, -0.2) is 30.9 Å². The highest BCUT2D eigenvalue weighted by Gasteiger charge is 2.29. The van der Waals surface area contributed by atoms with Gasteiger partial charge in [0, 0.05) is 13.5 Å². The van der Waals surface area contributed by atoms with Gasteiger partial charge in [-0.3, -0.25) is 4.79 Å². The van der Waals surface area contributed by atoms with Crippen molar-refractivity contribution in [1.82, 2.24) is 4.31 Å². The van der Waals surface area contributed by atoms with E-state index in [1.54, 1.807) is 0 Å². The zero-order valence-electron chi connectivity index (χ0n) is 5.70. The summed E-state index contributed by atoms with van der Waals surface area (Å²) in [5, 5.41) is 0. The Morgan fingerprint density at radius 2 is 2.10 bits per heavy atom. The van der Waals surface area contributed by atoms with E-state index >= 15 is 0 Å². The van der Waals surface area contributed by atoms with Crippen LogP contribution in [0.1, 0.15) is 13.3 Å². The van der Waals surface area contributed by atoms with Gasteiger partial charge in [0.1, 0.15) is 0 Å². The van der Waals surface area contributed by atoms with Crippen LogP contribution in [0.5, 0.6) is 0 Å². The Balaban J connectivity index is 2.90. The zero-order valence-corrected chi connectivity index (χ0v) is 6.52. The Morgan fingerprint density at radius 3 is 2.30 bits per heavy atom. The minimum absolute atomic E-state index is 0.118. The largest absolute Gasteiger partial charge is 0.274 e. The smallest absolute Gasteiger partial charge is 0.237 e. The summed E-state index contributed by atoms with van der Waals surface area (Å²) < 4.78 is 22.7. The molecule has 0 aliphatic carbocycles. The summed E-state index contributed by atoms with van der Waals surface area (Å²) in [5.41, 5.74) is 0. The van der Waals surface area contributed by atoms with Gasteiger partial charge >= 0.3 is 0 Å². The average Bonchev–Trinajstić information content (AvgIpc) is 2.08. The van der Waals surface area contributed by atoms with Gasteiger partial charge in [0.05, 0.1) is 5.75 Å². The number of carbonyl (C=O) groups is 1. The van der Waals surface area contributed by atoms with Crippen molar-refractivity contribution in [3.63, 3.8) is 0 Å². The van der Waals surface area contributed by atoms with Gasteiger partial charge in [-0.05, 0) is 6.42 Å². The Kier molecular flexibility index (Phi) is 1.68. The third kappa shape index (κ3) is 1.13. The summed E-state index contributed by atoms with van der Waals surface area (Å²) in [6.07, 6.45) is 0.571. The fourth-order valence-corrected chi connectivity index (χ4v) is 2.51. The standard InChI is InChI=1S/C5H9NO3S/c1-5(7)6-3-2-4-10(6,8)9/h2-4H2,1H3. The first-order valence-electron chi connectivity index (χ1n) is 3.05. The summed E-state index contributed by atoms with van der Waals surface area (Å²) in [5.74, 6) is -0.260. The van der Waals surface area contributed by atoms with Crippen LogP contribution in [0.2, 0.25) is 0 Å². The zero-order chi connectivity index (χ0) is 7.78. The first-order valence-corrected chi connectivity index (χ1v) is 4.66. The van der Waals surface area contributed by atoms with E-state index in [-0.39, 0.29) is 11.7 Å². The highest BCUT2D eigenvalue weighted by atomic mass is 32.2. The van der Waals surface area contributed by atoms with Crippen molar-refractivity contribution in [1.29, 1.82) is 0 Å². The van der Waals surface area contributed by atoms with Gasteiger partial charge < -0.3 is 0 Å². The molecule has 1 saturated heterocycles. The van der Waals surface area contributed by atoms with Crippen LogP contribution >= 0.6 is 0 Å². The van der Waals surface area contributed by atoms with E-state index in [4.69, 9.17) is 0 Å². The summed E-state index contributed by atoms with van der Waals surface area (Å²) in [6, 6.07) is 0. The fourth-order valence-electron chi connectivity index (χ4n) is 0.993. The molecule has 5 heteroatoms. The number of nitrogens with zero attached hydrogens (tertiary/aromatic N) is 1. The molecule has 1 amide bonds. The fraction of sp³-hybridized carbons (Fsp3) is 0.800. The maximum atomic E-state index is 10.9. The molecule has 0 radical (unpaired) electrons. The van der Waals surface area contributed by atoms with Crippen LogP contribution in [0.4, 0.5) is 0 Å². The molecule has 0 aromatic carbocycles. The molecular weight excluding hydrogens is 154 g/mol. The molecule has 58 valence electrons. The predicted octanol–water partition coefficient (Wildman–Crippen LogP) is -0.432. The molecule has 1 heterocycles. The second-order valence-electron chi connectivity index (χ2n) is 2.26. The van der Waals surface area contributed by atoms with E-state index in [0.717, 1.165) is 4.31 Å². The molecule has 0 bridgehead atoms. The topological polar surface area (TPSA) is 54.5 Å². The Bertz CT molecular complexity index is 244. The maximum absolute atomic E-state index is 10.9. The number of sulfonamides is 1. The molecule has 4 nitrogen and oxygen atoms in total. The lowest BCUT2D eigenvalue weighted by molar-refractivity contribution is -0.123. The monoisotopic (exact) mass is 163 g/mol. The minimum atomic E-state index is -3.20. The van der Waals surface area contributed by atoms with E-state index < -0.39 is 10.0 Å². The molecule has 0 aromatic rings. The lowest BCUT2D eigenvalue weighted by Crippen LogP contribution is -2.30. The average molecular weight is 163 g/mol. The molecule has 0 saturated carbocycles. The number of amides is 1. The van der Waals surface area contributed by atoms with E-state index in [0.29, 0.717) is 13.0 Å². The SMILES string of the molecule is CC(=O)N1CCCS1(=O)=O. The number of carbonyl (C=O) groups excluding carboxylic acids is 1. The van der Waals surface area contributed by atoms with Gasteiger partial charge in [-0.25, -0.2) is 12.7 Å². The molecule has 1 aliphatic rings. The maximum Gasteiger partial charge on any atom is 0.237 e. The van der Waals surface area contributed by atoms with E-state index in [1.165, 1.54) is 6.92 Å². The third-order valence-electron chi connectivity index (χ3n) is 1.45. The van der Waals surface area contributed by atoms with Gasteiger partial charge in [-0.15, -0.1) is 0 Å². The number of hydrogen-bond acceptors (Lipinski definition) is 3. The summed E-state index contributed by atoms with van der Waals surface area (Å²) >= 11 is 0. The third-order valence-corrected chi connectivity index (χ3v) is 3.37. The van der Waals surface area contributed by atoms with Gasteiger partial charge in [-0.1, -0.05) is 0 Å². The van der Waals surface area contributed by atoms with Crippen LogP contribution in [-0.2, 0) is 14.8 Å². The molecule has 1 aliphatic heterocycles. The second-order valence-corrected chi connectivity index (χ2v) is 4.27. The van der Waals surface area contributed by atoms with Crippen LogP contribution in [0.3, 0.4) is 0 Å². The second kappa shape index (κ2) is 2.23. The number of rotatable bonds is 0. The van der Waals surface area contributed by atoms with Gasteiger partial charge in [-0.2, -0.15) is 0 Å². The van der Waals surface area contributed by atoms with Crippen molar-refractivity contribution in [2.24, 2.45) is 0 Å². The number of hydrogen-bond donors (Lipinski definition) is 0. The molecule has 0 unspecified atom stereocenters. The van der Waals surface area contributed by atoms with Crippen molar-refractivity contribution < 1.29 is 13.2 Å². The van der Waals surface area contributed by atoms with Crippen LogP contribution < -0.4 is 0 Å². The Hall–Kier alpha value is -0.580. The van der Waals surface area contributed by atoms with E-state index in [1.807, 2.05) is 0 Å².